The Morgan fingerprint density at radius 3 is 2.28 bits per heavy atom. The third-order valence-corrected chi connectivity index (χ3v) is 6.12. The number of nitrogens with one attached hydrogen (secondary N) is 1. The van der Waals surface area contributed by atoms with Crippen molar-refractivity contribution < 1.29 is 19.1 Å². The number of carbonyl (C=O) groups excluding carboxylic acids is 2. The Hall–Kier alpha value is -1.96. The van der Waals surface area contributed by atoms with Crippen LogP contribution in [0.4, 0.5) is 0 Å². The Morgan fingerprint density at radius 1 is 0.966 bits per heavy atom. The lowest BCUT2D eigenvalue weighted by Gasteiger charge is -2.33. The Bertz CT molecular complexity index is 689. The van der Waals surface area contributed by atoms with Gasteiger partial charge in [-0.25, -0.2) is 0 Å². The Balaban J connectivity index is 1.17. The van der Waals surface area contributed by atoms with Crippen molar-refractivity contribution in [3.63, 3.8) is 0 Å². The Morgan fingerprint density at radius 2 is 1.62 bits per heavy atom. The molecule has 1 N–H and O–H groups in total. The molecule has 0 radical (unpaired) electrons. The molecule has 0 saturated carbocycles. The van der Waals surface area contributed by atoms with Crippen LogP contribution in [0.5, 0.6) is 0 Å². The molecular weight excluding hydrogens is 370 g/mol. The highest BCUT2D eigenvalue weighted by molar-refractivity contribution is 5.94. The van der Waals surface area contributed by atoms with E-state index in [0.29, 0.717) is 32.2 Å². The van der Waals surface area contributed by atoms with Gasteiger partial charge in [-0.2, -0.15) is 0 Å². The predicted molar refractivity (Wildman–Crippen MR) is 108 cm³/mol. The van der Waals surface area contributed by atoms with Crippen LogP contribution in [0.25, 0.3) is 0 Å². The maximum absolute atomic E-state index is 12.4. The topological polar surface area (TPSA) is 71.1 Å². The third-order valence-electron chi connectivity index (χ3n) is 6.12. The van der Waals surface area contributed by atoms with Crippen molar-refractivity contribution in [2.45, 2.75) is 38.5 Å². The number of carbonyl (C=O) groups is 2. The van der Waals surface area contributed by atoms with E-state index >= 15 is 0 Å². The van der Waals surface area contributed by atoms with E-state index in [-0.39, 0.29) is 18.1 Å². The highest BCUT2D eigenvalue weighted by Crippen LogP contribution is 2.25. The summed E-state index contributed by atoms with van der Waals surface area (Å²) in [5, 5.41) is 2.99. The zero-order valence-electron chi connectivity index (χ0n) is 17.0. The largest absolute Gasteiger partial charge is 0.351 e. The lowest BCUT2D eigenvalue weighted by atomic mass is 9.96. The normalized spacial score (nSPS) is 21.6. The number of benzene rings is 1. The van der Waals surface area contributed by atoms with E-state index in [1.165, 1.54) is 0 Å². The first-order valence-electron chi connectivity index (χ1n) is 10.8. The summed E-state index contributed by atoms with van der Waals surface area (Å²) >= 11 is 0. The van der Waals surface area contributed by atoms with Crippen LogP contribution >= 0.6 is 0 Å². The zero-order valence-corrected chi connectivity index (χ0v) is 17.0. The van der Waals surface area contributed by atoms with E-state index in [1.54, 1.807) is 0 Å². The number of piperidine rings is 1. The fourth-order valence-corrected chi connectivity index (χ4v) is 4.36. The minimum absolute atomic E-state index is 0.0361. The average Bonchev–Trinajstić information content (AvgIpc) is 3.47. The fourth-order valence-electron chi connectivity index (χ4n) is 4.36. The average molecular weight is 402 g/mol. The molecule has 3 aliphatic rings. The van der Waals surface area contributed by atoms with E-state index in [2.05, 4.69) is 10.2 Å². The van der Waals surface area contributed by atoms with E-state index < -0.39 is 0 Å². The zero-order chi connectivity index (χ0) is 20.1. The fraction of sp³-hybridized carbons (Fsp3) is 0.636. The number of hydrogen-bond donors (Lipinski definition) is 1. The van der Waals surface area contributed by atoms with Crippen molar-refractivity contribution in [2.75, 3.05) is 45.9 Å². The first-order chi connectivity index (χ1) is 14.2. The minimum atomic E-state index is -0.0497. The summed E-state index contributed by atoms with van der Waals surface area (Å²) in [6, 6.07) is 7.58. The van der Waals surface area contributed by atoms with Crippen LogP contribution in [0, 0.1) is 5.92 Å². The Labute approximate surface area is 172 Å². The van der Waals surface area contributed by atoms with Gasteiger partial charge in [0.25, 0.3) is 5.91 Å². The molecule has 4 rings (SSSR count). The van der Waals surface area contributed by atoms with Gasteiger partial charge >= 0.3 is 0 Å². The third kappa shape index (κ3) is 5.35. The first kappa shape index (κ1) is 20.3. The first-order valence-corrected chi connectivity index (χ1v) is 10.8. The van der Waals surface area contributed by atoms with Crippen LogP contribution in [0.2, 0.25) is 0 Å². The van der Waals surface area contributed by atoms with Crippen molar-refractivity contribution in [3.05, 3.63) is 35.4 Å². The summed E-state index contributed by atoms with van der Waals surface area (Å²) in [5.74, 6) is 0.586. The van der Waals surface area contributed by atoms with E-state index in [4.69, 9.17) is 9.47 Å². The number of hydrogen-bond acceptors (Lipinski definition) is 5. The van der Waals surface area contributed by atoms with Gasteiger partial charge in [0.15, 0.2) is 6.29 Å². The lowest BCUT2D eigenvalue weighted by molar-refractivity contribution is -0.124. The molecule has 3 aliphatic heterocycles. The summed E-state index contributed by atoms with van der Waals surface area (Å²) in [6.07, 6.45) is 4.14. The molecule has 7 nitrogen and oxygen atoms in total. The van der Waals surface area contributed by atoms with Crippen LogP contribution < -0.4 is 5.32 Å². The second kappa shape index (κ2) is 9.69. The van der Waals surface area contributed by atoms with Gasteiger partial charge in [-0.3, -0.25) is 14.5 Å². The molecule has 7 heteroatoms. The van der Waals surface area contributed by atoms with Crippen LogP contribution in [0.15, 0.2) is 24.3 Å². The minimum Gasteiger partial charge on any atom is -0.351 e. The molecule has 158 valence electrons. The molecular formula is C22H31N3O4. The maximum atomic E-state index is 12.4. The monoisotopic (exact) mass is 401 g/mol. The Kier molecular flexibility index (Phi) is 6.79. The van der Waals surface area contributed by atoms with Crippen molar-refractivity contribution in [3.8, 4) is 0 Å². The highest BCUT2D eigenvalue weighted by Gasteiger charge is 2.30. The van der Waals surface area contributed by atoms with Gasteiger partial charge in [0.2, 0.25) is 5.91 Å². The standard InChI is InChI=1S/C22H31N3O4/c26-20(16-24-11-7-19(8-12-24)22-28-13-14-29-22)23-15-17-3-5-18(6-4-17)21(27)25-9-1-2-10-25/h3-6,19,22H,1-2,7-16H2,(H,23,26). The van der Waals surface area contributed by atoms with Crippen LogP contribution in [0.1, 0.15) is 41.6 Å². The molecule has 0 aliphatic carbocycles. The molecule has 0 atom stereocenters. The molecule has 2 amide bonds. The highest BCUT2D eigenvalue weighted by atomic mass is 16.7. The van der Waals surface area contributed by atoms with E-state index in [1.807, 2.05) is 29.2 Å². The summed E-state index contributed by atoms with van der Waals surface area (Å²) in [7, 11) is 0. The summed E-state index contributed by atoms with van der Waals surface area (Å²) in [5.41, 5.74) is 1.73. The van der Waals surface area contributed by atoms with Gasteiger partial charge in [-0.15, -0.1) is 0 Å². The van der Waals surface area contributed by atoms with Crippen molar-refractivity contribution >= 4 is 11.8 Å². The number of nitrogens with zero attached hydrogens (tertiary/aromatic N) is 2. The molecule has 3 heterocycles. The van der Waals surface area contributed by atoms with Gasteiger partial charge < -0.3 is 19.7 Å². The molecule has 3 fully saturated rings. The molecule has 29 heavy (non-hydrogen) atoms. The number of ether oxygens (including phenoxy) is 2. The molecule has 0 unspecified atom stereocenters. The maximum Gasteiger partial charge on any atom is 0.253 e. The van der Waals surface area contributed by atoms with Crippen LogP contribution in [0.3, 0.4) is 0 Å². The quantitative estimate of drug-likeness (QED) is 0.785. The number of likely N-dealkylation sites (tertiary alicyclic amines) is 2. The summed E-state index contributed by atoms with van der Waals surface area (Å²) in [6.45, 7) is 5.80. The van der Waals surface area contributed by atoms with Crippen molar-refractivity contribution in [1.82, 2.24) is 15.1 Å². The predicted octanol–water partition coefficient (Wildman–Crippen LogP) is 1.62. The molecule has 3 saturated heterocycles. The molecule has 0 bridgehead atoms. The molecule has 1 aromatic carbocycles. The second-order valence-corrected chi connectivity index (χ2v) is 8.20. The SMILES string of the molecule is O=C(CN1CCC(C2OCCO2)CC1)NCc1ccc(C(=O)N2CCCC2)cc1. The van der Waals surface area contributed by atoms with E-state index in [0.717, 1.165) is 63.0 Å². The molecule has 1 aromatic rings. The second-order valence-electron chi connectivity index (χ2n) is 8.20. The summed E-state index contributed by atoms with van der Waals surface area (Å²) < 4.78 is 11.2. The van der Waals surface area contributed by atoms with Crippen molar-refractivity contribution in [2.24, 2.45) is 5.92 Å². The number of rotatable bonds is 6. The lowest BCUT2D eigenvalue weighted by Crippen LogP contribution is -2.43. The van der Waals surface area contributed by atoms with Gasteiger partial charge in [0.1, 0.15) is 0 Å². The van der Waals surface area contributed by atoms with Gasteiger partial charge in [-0.05, 0) is 56.5 Å². The van der Waals surface area contributed by atoms with Crippen molar-refractivity contribution in [1.29, 1.82) is 0 Å². The van der Waals surface area contributed by atoms with Gasteiger partial charge in [0.05, 0.1) is 19.8 Å². The number of amides is 2. The smallest absolute Gasteiger partial charge is 0.253 e. The van der Waals surface area contributed by atoms with Gasteiger partial charge in [-0.1, -0.05) is 12.1 Å². The summed E-state index contributed by atoms with van der Waals surface area (Å²) in [4.78, 5) is 28.8. The van der Waals surface area contributed by atoms with Crippen LogP contribution in [-0.4, -0.2) is 73.8 Å². The van der Waals surface area contributed by atoms with Crippen LogP contribution in [-0.2, 0) is 20.8 Å². The van der Waals surface area contributed by atoms with Gasteiger partial charge in [0, 0.05) is 31.1 Å². The molecule has 0 aromatic heterocycles. The molecule has 0 spiro atoms. The van der Waals surface area contributed by atoms with E-state index in [9.17, 15) is 9.59 Å².